The number of amides is 1. The molecule has 0 aliphatic carbocycles. The molecule has 0 unspecified atom stereocenters. The molecule has 51 heavy (non-hydrogen) atoms. The first-order valence-electron chi connectivity index (χ1n) is 15.6. The van der Waals surface area contributed by atoms with Crippen LogP contribution in [0.5, 0.6) is 5.75 Å². The van der Waals surface area contributed by atoms with E-state index in [1.54, 1.807) is 31.4 Å². The van der Waals surface area contributed by atoms with Crippen LogP contribution in [-0.4, -0.2) is 56.8 Å². The molecule has 6 aromatic rings. The summed E-state index contributed by atoms with van der Waals surface area (Å²) in [5.74, 6) is -1.75. The number of ether oxygens (including phenoxy) is 1. The molecule has 13 nitrogen and oxygen atoms in total. The van der Waals surface area contributed by atoms with Crippen molar-refractivity contribution >= 4 is 55.2 Å². The van der Waals surface area contributed by atoms with Crippen molar-refractivity contribution in [2.45, 2.75) is 38.8 Å². The Morgan fingerprint density at radius 2 is 1.76 bits per heavy atom. The second-order valence-electron chi connectivity index (χ2n) is 12.3. The van der Waals surface area contributed by atoms with Crippen molar-refractivity contribution in [2.75, 3.05) is 18.1 Å². The molecule has 0 bridgehead atoms. The van der Waals surface area contributed by atoms with Crippen molar-refractivity contribution in [3.05, 3.63) is 105 Å². The summed E-state index contributed by atoms with van der Waals surface area (Å²) < 4.78 is 65.2. The first-order valence-corrected chi connectivity index (χ1v) is 17.9. The third kappa shape index (κ3) is 7.42. The number of nitrogens with one attached hydrogen (secondary N) is 2. The largest absolute Gasteiger partial charge is 0.497 e. The zero-order valence-electron chi connectivity index (χ0n) is 28.1. The number of rotatable bonds is 11. The first-order chi connectivity index (χ1) is 24.1. The molecule has 3 heterocycles. The minimum Gasteiger partial charge on any atom is -0.497 e. The number of sulfonamides is 1. The topological polar surface area (TPSA) is 155 Å². The van der Waals surface area contributed by atoms with Crippen LogP contribution in [0.15, 0.2) is 65.6 Å². The van der Waals surface area contributed by atoms with Crippen LogP contribution >= 0.6 is 11.6 Å². The molecule has 0 saturated heterocycles. The number of hydrogen-bond acceptors (Lipinski definition) is 8. The fraction of sp³-hybridized carbons (Fsp3) is 0.265. The summed E-state index contributed by atoms with van der Waals surface area (Å²) >= 11 is 6.60. The van der Waals surface area contributed by atoms with Gasteiger partial charge in [-0.1, -0.05) is 25.4 Å². The van der Waals surface area contributed by atoms with E-state index in [2.05, 4.69) is 20.2 Å². The van der Waals surface area contributed by atoms with Gasteiger partial charge in [0.2, 0.25) is 15.9 Å². The lowest BCUT2D eigenvalue weighted by atomic mass is 10.0. The lowest BCUT2D eigenvalue weighted by molar-refractivity contribution is -0.122. The Kier molecular flexibility index (Phi) is 9.57. The van der Waals surface area contributed by atoms with Gasteiger partial charge in [-0.25, -0.2) is 22.2 Å². The van der Waals surface area contributed by atoms with Crippen LogP contribution in [-0.2, 0) is 34.8 Å². The van der Waals surface area contributed by atoms with E-state index >= 15 is 0 Å². The number of anilines is 1. The van der Waals surface area contributed by atoms with Crippen LogP contribution in [0.1, 0.15) is 42.9 Å². The van der Waals surface area contributed by atoms with E-state index in [1.807, 2.05) is 13.8 Å². The van der Waals surface area contributed by atoms with Gasteiger partial charge in [0.1, 0.15) is 29.8 Å². The highest BCUT2D eigenvalue weighted by atomic mass is 35.5. The molecule has 0 fully saturated rings. The summed E-state index contributed by atoms with van der Waals surface area (Å²) in [6, 6.07) is 11.3. The Morgan fingerprint density at radius 1 is 1.04 bits per heavy atom. The number of carbonyl (C=O) groups excluding carboxylic acids is 1. The highest BCUT2D eigenvalue weighted by molar-refractivity contribution is 7.92. The summed E-state index contributed by atoms with van der Waals surface area (Å²) in [5.41, 5.74) is 1.05. The fourth-order valence-electron chi connectivity index (χ4n) is 5.89. The predicted octanol–water partition coefficient (Wildman–Crippen LogP) is 5.00. The van der Waals surface area contributed by atoms with E-state index in [9.17, 15) is 26.8 Å². The van der Waals surface area contributed by atoms with Crippen LogP contribution in [0.25, 0.3) is 27.5 Å². The second kappa shape index (κ2) is 13.8. The summed E-state index contributed by atoms with van der Waals surface area (Å²) in [6.07, 6.45) is 2.43. The zero-order chi connectivity index (χ0) is 36.8. The van der Waals surface area contributed by atoms with Gasteiger partial charge in [-0.2, -0.15) is 10.2 Å². The normalized spacial score (nSPS) is 12.5. The first kappa shape index (κ1) is 35.5. The molecule has 3 aromatic carbocycles. The Morgan fingerprint density at radius 3 is 2.41 bits per heavy atom. The monoisotopic (exact) mass is 738 g/mol. The molecule has 0 saturated carbocycles. The van der Waals surface area contributed by atoms with Gasteiger partial charge in [0.15, 0.2) is 5.82 Å². The maximum Gasteiger partial charge on any atom is 0.266 e. The zero-order valence-corrected chi connectivity index (χ0v) is 29.7. The Labute approximate surface area is 295 Å². The quantitative estimate of drug-likeness (QED) is 0.188. The van der Waals surface area contributed by atoms with Crippen molar-refractivity contribution in [2.24, 2.45) is 7.05 Å². The number of fused-ring (bicyclic) bond motifs is 2. The number of nitrogens with zero attached hydrogens (tertiary/aromatic N) is 6. The summed E-state index contributed by atoms with van der Waals surface area (Å²) in [5, 5.41) is 12.2. The number of aryl methyl sites for hydroxylation is 1. The highest BCUT2D eigenvalue weighted by Gasteiger charge is 2.28. The molecule has 0 aliphatic heterocycles. The van der Waals surface area contributed by atoms with Gasteiger partial charge >= 0.3 is 0 Å². The van der Waals surface area contributed by atoms with E-state index in [-0.39, 0.29) is 68.6 Å². The summed E-state index contributed by atoms with van der Waals surface area (Å²) in [6.45, 7) is 3.73. The van der Waals surface area contributed by atoms with Crippen molar-refractivity contribution in [3.8, 4) is 11.4 Å². The van der Waals surface area contributed by atoms with Crippen molar-refractivity contribution in [1.82, 2.24) is 34.4 Å². The Balaban J connectivity index is 1.60. The molecule has 0 aliphatic rings. The fourth-order valence-corrected chi connectivity index (χ4v) is 6.63. The number of halogens is 3. The van der Waals surface area contributed by atoms with Gasteiger partial charge in [0, 0.05) is 31.8 Å². The van der Waals surface area contributed by atoms with Gasteiger partial charge in [0.05, 0.1) is 57.6 Å². The Hall–Kier alpha value is -5.35. The van der Waals surface area contributed by atoms with Crippen molar-refractivity contribution in [1.29, 1.82) is 0 Å². The van der Waals surface area contributed by atoms with E-state index in [0.717, 1.165) is 30.1 Å². The summed E-state index contributed by atoms with van der Waals surface area (Å²) in [4.78, 5) is 33.1. The maximum atomic E-state index is 14.6. The smallest absolute Gasteiger partial charge is 0.266 e. The lowest BCUT2D eigenvalue weighted by Crippen LogP contribution is -2.37. The molecule has 3 aromatic heterocycles. The molecule has 266 valence electrons. The molecular weight excluding hydrogens is 706 g/mol. The number of methoxy groups -OCH3 is 1. The van der Waals surface area contributed by atoms with Crippen LogP contribution < -0.4 is 20.3 Å². The molecule has 17 heteroatoms. The average Bonchev–Trinajstić information content (AvgIpc) is 3.64. The third-order valence-electron chi connectivity index (χ3n) is 8.11. The SMILES string of the molecule is COc1ccc2c(=O)n(-c3ccc(Cl)c4c(NS(C)(=O)=O)nn(C)c34)c([C@H](Cc3cc(F)cc(F)c3)NC(=O)Cn3ccc(C(C)C)n3)nc2c1. The van der Waals surface area contributed by atoms with Crippen LogP contribution in [0.4, 0.5) is 14.6 Å². The van der Waals surface area contributed by atoms with Crippen LogP contribution in [0.2, 0.25) is 5.02 Å². The average molecular weight is 739 g/mol. The molecule has 0 spiro atoms. The minimum absolute atomic E-state index is 0.00967. The highest BCUT2D eigenvalue weighted by Crippen LogP contribution is 2.35. The molecule has 1 amide bonds. The lowest BCUT2D eigenvalue weighted by Gasteiger charge is -2.24. The van der Waals surface area contributed by atoms with Gasteiger partial charge < -0.3 is 10.1 Å². The maximum absolute atomic E-state index is 14.6. The van der Waals surface area contributed by atoms with Gasteiger partial charge in [0.25, 0.3) is 5.56 Å². The molecular formula is C34H33ClF2N8O5S. The molecule has 1 atom stereocenters. The Bertz CT molecular complexity index is 2480. The standard InChI is InChI=1S/C34H33ClF2N8O5S/c1-18(2)25-10-11-44(40-25)17-29(46)38-27(14-19-12-20(36)15-21(37)13-19)33-39-26-16-22(50-4)6-7-23(26)34(47)45(33)28-9-8-24(35)30-31(28)43(3)41-32(30)42-51(5,48)49/h6-13,15-16,18,27H,14,17H2,1-5H3,(H,38,46)(H,41,42)/t27-/m0/s1. The molecule has 0 radical (unpaired) electrons. The van der Waals surface area contributed by atoms with Gasteiger partial charge in [-0.15, -0.1) is 0 Å². The van der Waals surface area contributed by atoms with Crippen LogP contribution in [0.3, 0.4) is 0 Å². The second-order valence-corrected chi connectivity index (χ2v) is 14.5. The third-order valence-corrected chi connectivity index (χ3v) is 8.99. The van der Waals surface area contributed by atoms with Gasteiger partial charge in [-0.3, -0.25) is 28.2 Å². The van der Waals surface area contributed by atoms with E-state index < -0.39 is 39.2 Å². The number of carbonyl (C=O) groups is 1. The van der Waals surface area contributed by atoms with E-state index in [4.69, 9.17) is 21.3 Å². The number of aromatic nitrogens is 6. The summed E-state index contributed by atoms with van der Waals surface area (Å²) in [7, 11) is -0.789. The molecule has 6 rings (SSSR count). The minimum atomic E-state index is -3.79. The van der Waals surface area contributed by atoms with E-state index in [0.29, 0.717) is 5.75 Å². The van der Waals surface area contributed by atoms with Crippen LogP contribution in [0, 0.1) is 11.6 Å². The number of benzene rings is 3. The van der Waals surface area contributed by atoms with Crippen molar-refractivity contribution < 1.29 is 26.7 Å². The van der Waals surface area contributed by atoms with Crippen molar-refractivity contribution in [3.63, 3.8) is 0 Å². The predicted molar refractivity (Wildman–Crippen MR) is 189 cm³/mol. The van der Waals surface area contributed by atoms with E-state index in [1.165, 1.54) is 39.2 Å². The molecule has 2 N–H and O–H groups in total. The number of hydrogen-bond donors (Lipinski definition) is 2. The van der Waals surface area contributed by atoms with Gasteiger partial charge in [-0.05, 0) is 53.9 Å².